The third kappa shape index (κ3) is 3.69. The van der Waals surface area contributed by atoms with E-state index < -0.39 is 5.41 Å². The first-order valence-corrected chi connectivity index (χ1v) is 8.73. The molecular weight excluding hydrogens is 328 g/mol. The summed E-state index contributed by atoms with van der Waals surface area (Å²) in [7, 11) is 0. The Labute approximate surface area is 153 Å². The molecule has 0 saturated carbocycles. The predicted molar refractivity (Wildman–Crippen MR) is 102 cm³/mol. The lowest BCUT2D eigenvalue weighted by atomic mass is 9.81. The van der Waals surface area contributed by atoms with Gasteiger partial charge < -0.3 is 15.5 Å². The van der Waals surface area contributed by atoms with Crippen molar-refractivity contribution in [1.82, 2.24) is 10.3 Å². The number of pyridine rings is 1. The molecule has 1 fully saturated rings. The van der Waals surface area contributed by atoms with Gasteiger partial charge in [-0.15, -0.1) is 0 Å². The zero-order chi connectivity index (χ0) is 18.7. The van der Waals surface area contributed by atoms with E-state index in [1.165, 1.54) is 0 Å². The second kappa shape index (κ2) is 7.15. The van der Waals surface area contributed by atoms with Gasteiger partial charge in [-0.1, -0.05) is 24.3 Å². The third-order valence-electron chi connectivity index (χ3n) is 4.75. The summed E-state index contributed by atoms with van der Waals surface area (Å²) in [5, 5.41) is 5.74. The summed E-state index contributed by atoms with van der Waals surface area (Å²) in [5.74, 6) is 0.644. The van der Waals surface area contributed by atoms with Crippen LogP contribution in [0, 0.1) is 6.92 Å². The Hall–Kier alpha value is -2.89. The Bertz CT molecular complexity index is 815. The highest BCUT2D eigenvalue weighted by Gasteiger charge is 2.31. The number of carbonyl (C=O) groups is 2. The molecule has 2 aromatic rings. The van der Waals surface area contributed by atoms with Gasteiger partial charge >= 0.3 is 0 Å². The number of nitrogens with one attached hydrogen (secondary N) is 2. The SMILES string of the molecule is Cc1ccccc1C(C)(C)C(=O)Nc1ccc(N2CCNC(=O)C2)nc1. The summed E-state index contributed by atoms with van der Waals surface area (Å²) in [6, 6.07) is 11.6. The zero-order valence-corrected chi connectivity index (χ0v) is 15.4. The van der Waals surface area contributed by atoms with E-state index in [1.54, 1.807) is 6.20 Å². The highest BCUT2D eigenvalue weighted by atomic mass is 16.2. The summed E-state index contributed by atoms with van der Waals surface area (Å²) in [6.07, 6.45) is 1.63. The van der Waals surface area contributed by atoms with Crippen LogP contribution in [0.2, 0.25) is 0 Å². The number of aryl methyl sites for hydroxylation is 1. The minimum atomic E-state index is -0.658. The largest absolute Gasteiger partial charge is 0.353 e. The number of amides is 2. The fourth-order valence-corrected chi connectivity index (χ4v) is 3.17. The molecule has 1 aromatic heterocycles. The number of anilines is 2. The van der Waals surface area contributed by atoms with Gasteiger partial charge in [0.05, 0.1) is 23.8 Å². The minimum absolute atomic E-state index is 0.00425. The molecule has 6 heteroatoms. The number of benzene rings is 1. The zero-order valence-electron chi connectivity index (χ0n) is 15.4. The van der Waals surface area contributed by atoms with Crippen LogP contribution in [0.1, 0.15) is 25.0 Å². The van der Waals surface area contributed by atoms with Gasteiger partial charge in [0.2, 0.25) is 11.8 Å². The summed E-state index contributed by atoms with van der Waals surface area (Å²) in [5.41, 5.74) is 2.07. The maximum Gasteiger partial charge on any atom is 0.239 e. The Morgan fingerprint density at radius 3 is 2.65 bits per heavy atom. The van der Waals surface area contributed by atoms with Crippen molar-refractivity contribution in [3.63, 3.8) is 0 Å². The molecule has 1 saturated heterocycles. The number of carbonyl (C=O) groups excluding carboxylic acids is 2. The molecule has 1 aliphatic rings. The van der Waals surface area contributed by atoms with Crippen molar-refractivity contribution < 1.29 is 9.59 Å². The maximum absolute atomic E-state index is 12.8. The van der Waals surface area contributed by atoms with Crippen LogP contribution in [0.3, 0.4) is 0 Å². The van der Waals surface area contributed by atoms with E-state index in [1.807, 2.05) is 62.1 Å². The van der Waals surface area contributed by atoms with Crippen LogP contribution in [0.25, 0.3) is 0 Å². The number of hydrogen-bond donors (Lipinski definition) is 2. The highest BCUT2D eigenvalue weighted by Crippen LogP contribution is 2.28. The molecule has 0 aliphatic carbocycles. The lowest BCUT2D eigenvalue weighted by molar-refractivity contribution is -0.121. The molecule has 0 radical (unpaired) electrons. The summed E-state index contributed by atoms with van der Waals surface area (Å²) >= 11 is 0. The van der Waals surface area contributed by atoms with E-state index in [0.29, 0.717) is 18.8 Å². The monoisotopic (exact) mass is 352 g/mol. The molecular formula is C20H24N4O2. The quantitative estimate of drug-likeness (QED) is 0.885. The Morgan fingerprint density at radius 2 is 2.00 bits per heavy atom. The van der Waals surface area contributed by atoms with E-state index in [9.17, 15) is 9.59 Å². The van der Waals surface area contributed by atoms with Gasteiger partial charge in [-0.2, -0.15) is 0 Å². The minimum Gasteiger partial charge on any atom is -0.353 e. The van der Waals surface area contributed by atoms with E-state index in [0.717, 1.165) is 23.5 Å². The smallest absolute Gasteiger partial charge is 0.239 e. The number of nitrogens with zero attached hydrogens (tertiary/aromatic N) is 2. The second-order valence-corrected chi connectivity index (χ2v) is 7.07. The van der Waals surface area contributed by atoms with Crippen molar-refractivity contribution in [3.8, 4) is 0 Å². The van der Waals surface area contributed by atoms with Gasteiger partial charge in [0, 0.05) is 13.1 Å². The molecule has 0 unspecified atom stereocenters. The van der Waals surface area contributed by atoms with Crippen LogP contribution in [0.15, 0.2) is 42.6 Å². The molecule has 2 heterocycles. The van der Waals surface area contributed by atoms with Gasteiger partial charge in [0.1, 0.15) is 5.82 Å². The summed E-state index contributed by atoms with van der Waals surface area (Å²) in [4.78, 5) is 30.6. The average molecular weight is 352 g/mol. The van der Waals surface area contributed by atoms with Crippen LogP contribution >= 0.6 is 0 Å². The van der Waals surface area contributed by atoms with E-state index >= 15 is 0 Å². The molecule has 0 atom stereocenters. The molecule has 1 aliphatic heterocycles. The molecule has 3 rings (SSSR count). The number of rotatable bonds is 4. The molecule has 6 nitrogen and oxygen atoms in total. The van der Waals surface area contributed by atoms with Gasteiger partial charge in [-0.05, 0) is 44.0 Å². The summed E-state index contributed by atoms with van der Waals surface area (Å²) < 4.78 is 0. The van der Waals surface area contributed by atoms with E-state index in [4.69, 9.17) is 0 Å². The van der Waals surface area contributed by atoms with Gasteiger partial charge in [0.15, 0.2) is 0 Å². The van der Waals surface area contributed by atoms with Crippen molar-refractivity contribution >= 4 is 23.3 Å². The van der Waals surface area contributed by atoms with Crippen molar-refractivity contribution in [2.75, 3.05) is 29.9 Å². The fourth-order valence-electron chi connectivity index (χ4n) is 3.17. The average Bonchev–Trinajstić information content (AvgIpc) is 2.62. The van der Waals surface area contributed by atoms with E-state index in [2.05, 4.69) is 15.6 Å². The van der Waals surface area contributed by atoms with Gasteiger partial charge in [-0.3, -0.25) is 9.59 Å². The number of piperazine rings is 1. The topological polar surface area (TPSA) is 74.3 Å². The van der Waals surface area contributed by atoms with Gasteiger partial charge in [0.25, 0.3) is 0 Å². The predicted octanol–water partition coefficient (Wildman–Crippen LogP) is 2.24. The highest BCUT2D eigenvalue weighted by molar-refractivity contribution is 5.98. The van der Waals surface area contributed by atoms with Crippen molar-refractivity contribution in [3.05, 3.63) is 53.7 Å². The molecule has 2 amide bonds. The van der Waals surface area contributed by atoms with Crippen LogP contribution in [0.5, 0.6) is 0 Å². The van der Waals surface area contributed by atoms with Crippen molar-refractivity contribution in [2.45, 2.75) is 26.2 Å². The van der Waals surface area contributed by atoms with E-state index in [-0.39, 0.29) is 11.8 Å². The Morgan fingerprint density at radius 1 is 1.23 bits per heavy atom. The Kier molecular flexibility index (Phi) is 4.93. The summed E-state index contributed by atoms with van der Waals surface area (Å²) in [6.45, 7) is 7.49. The van der Waals surface area contributed by atoms with Crippen LogP contribution in [-0.4, -0.2) is 36.4 Å². The lowest BCUT2D eigenvalue weighted by Crippen LogP contribution is -2.48. The molecule has 0 bridgehead atoms. The first-order valence-electron chi connectivity index (χ1n) is 8.73. The van der Waals surface area contributed by atoms with Gasteiger partial charge in [-0.25, -0.2) is 4.98 Å². The molecule has 26 heavy (non-hydrogen) atoms. The van der Waals surface area contributed by atoms with Crippen LogP contribution in [0.4, 0.5) is 11.5 Å². The molecule has 0 spiro atoms. The standard InChI is InChI=1S/C20H24N4O2/c1-14-6-4-5-7-16(14)20(2,3)19(26)23-15-8-9-17(22-12-15)24-11-10-21-18(25)13-24/h4-9,12H,10-11,13H2,1-3H3,(H,21,25)(H,23,26). The number of hydrogen-bond acceptors (Lipinski definition) is 4. The maximum atomic E-state index is 12.8. The molecule has 136 valence electrons. The fraction of sp³-hybridized carbons (Fsp3) is 0.350. The second-order valence-electron chi connectivity index (χ2n) is 7.07. The molecule has 1 aromatic carbocycles. The Balaban J connectivity index is 1.71. The van der Waals surface area contributed by atoms with Crippen molar-refractivity contribution in [1.29, 1.82) is 0 Å². The molecule has 2 N–H and O–H groups in total. The third-order valence-corrected chi connectivity index (χ3v) is 4.75. The first kappa shape index (κ1) is 17.9. The lowest BCUT2D eigenvalue weighted by Gasteiger charge is -2.28. The van der Waals surface area contributed by atoms with Crippen molar-refractivity contribution in [2.24, 2.45) is 0 Å². The van der Waals surface area contributed by atoms with Crippen LogP contribution in [-0.2, 0) is 15.0 Å². The number of aromatic nitrogens is 1. The van der Waals surface area contributed by atoms with Crippen LogP contribution < -0.4 is 15.5 Å². The first-order chi connectivity index (χ1) is 12.4. The normalized spacial score (nSPS) is 14.7.